The van der Waals surface area contributed by atoms with E-state index in [0.29, 0.717) is 41.7 Å². The number of carbonyl (C=O) groups is 2. The fourth-order valence-corrected chi connectivity index (χ4v) is 2.91. The van der Waals surface area contributed by atoms with Crippen molar-refractivity contribution in [3.8, 4) is 11.5 Å². The van der Waals surface area contributed by atoms with E-state index in [1.807, 2.05) is 13.0 Å². The Kier molecular flexibility index (Phi) is 7.22. The van der Waals surface area contributed by atoms with Crippen molar-refractivity contribution < 1.29 is 23.5 Å². The first kappa shape index (κ1) is 21.8. The molecule has 0 aliphatic heterocycles. The Bertz CT molecular complexity index is 1070. The van der Waals surface area contributed by atoms with Crippen LogP contribution in [0, 0.1) is 5.82 Å². The van der Waals surface area contributed by atoms with Crippen LogP contribution in [0.25, 0.3) is 0 Å². The van der Waals surface area contributed by atoms with Crippen LogP contribution in [-0.2, 0) is 0 Å². The normalized spacial score (nSPS) is 10.3. The van der Waals surface area contributed by atoms with Crippen LogP contribution in [0.3, 0.4) is 0 Å². The summed E-state index contributed by atoms with van der Waals surface area (Å²) in [7, 11) is 0. The largest absolute Gasteiger partial charge is 0.492 e. The van der Waals surface area contributed by atoms with Crippen molar-refractivity contribution in [3.63, 3.8) is 0 Å². The van der Waals surface area contributed by atoms with Crippen LogP contribution in [0.15, 0.2) is 66.7 Å². The molecule has 0 aliphatic carbocycles. The molecule has 3 aromatic rings. The summed E-state index contributed by atoms with van der Waals surface area (Å²) in [6, 6.07) is 17.3. The van der Waals surface area contributed by atoms with Crippen molar-refractivity contribution in [2.24, 2.45) is 0 Å². The summed E-state index contributed by atoms with van der Waals surface area (Å²) in [6.07, 6.45) is 0. The maximum absolute atomic E-state index is 13.5. The quantitative estimate of drug-likeness (QED) is 0.528. The highest BCUT2D eigenvalue weighted by molar-refractivity contribution is 6.07. The van der Waals surface area contributed by atoms with Gasteiger partial charge in [-0.1, -0.05) is 24.3 Å². The highest BCUT2D eigenvalue weighted by Crippen LogP contribution is 2.37. The minimum atomic E-state index is -0.508. The zero-order valence-electron chi connectivity index (χ0n) is 17.3. The van der Waals surface area contributed by atoms with Crippen molar-refractivity contribution in [2.45, 2.75) is 13.8 Å². The lowest BCUT2D eigenvalue weighted by atomic mass is 10.1. The first-order chi connectivity index (χ1) is 15.0. The van der Waals surface area contributed by atoms with Gasteiger partial charge in [0.2, 0.25) is 0 Å². The Hall–Kier alpha value is -3.87. The van der Waals surface area contributed by atoms with Gasteiger partial charge in [0.15, 0.2) is 0 Å². The molecule has 0 spiro atoms. The van der Waals surface area contributed by atoms with Crippen LogP contribution in [0.5, 0.6) is 11.5 Å². The zero-order chi connectivity index (χ0) is 22.2. The van der Waals surface area contributed by atoms with E-state index in [2.05, 4.69) is 10.6 Å². The summed E-state index contributed by atoms with van der Waals surface area (Å²) in [5, 5.41) is 5.55. The maximum atomic E-state index is 13.5. The van der Waals surface area contributed by atoms with Gasteiger partial charge in [-0.15, -0.1) is 0 Å². The van der Waals surface area contributed by atoms with Crippen molar-refractivity contribution in [3.05, 3.63) is 83.7 Å². The van der Waals surface area contributed by atoms with E-state index in [1.54, 1.807) is 43.3 Å². The lowest BCUT2D eigenvalue weighted by Gasteiger charge is -2.18. The number of halogens is 1. The molecule has 0 saturated heterocycles. The summed E-state index contributed by atoms with van der Waals surface area (Å²) in [5.41, 5.74) is 1.41. The predicted molar refractivity (Wildman–Crippen MR) is 118 cm³/mol. The Labute approximate surface area is 180 Å². The molecule has 0 radical (unpaired) electrons. The van der Waals surface area contributed by atoms with Crippen LogP contribution in [-0.4, -0.2) is 25.0 Å². The Morgan fingerprint density at radius 2 is 1.26 bits per heavy atom. The molecule has 2 amide bonds. The molecule has 0 saturated carbocycles. The van der Waals surface area contributed by atoms with Gasteiger partial charge in [-0.3, -0.25) is 9.59 Å². The van der Waals surface area contributed by atoms with Crippen LogP contribution in [0.4, 0.5) is 15.8 Å². The lowest BCUT2D eigenvalue weighted by molar-refractivity contribution is 0.101. The molecule has 31 heavy (non-hydrogen) atoms. The van der Waals surface area contributed by atoms with Crippen molar-refractivity contribution in [1.82, 2.24) is 0 Å². The Morgan fingerprint density at radius 1 is 0.742 bits per heavy atom. The molecule has 2 N–H and O–H groups in total. The van der Waals surface area contributed by atoms with E-state index >= 15 is 0 Å². The first-order valence-electron chi connectivity index (χ1n) is 9.88. The highest BCUT2D eigenvalue weighted by Gasteiger charge is 2.17. The van der Waals surface area contributed by atoms with Gasteiger partial charge in [0.25, 0.3) is 11.8 Å². The van der Waals surface area contributed by atoms with Crippen LogP contribution >= 0.6 is 0 Å². The fraction of sp³-hybridized carbons (Fsp3) is 0.167. The molecule has 3 rings (SSSR count). The lowest BCUT2D eigenvalue weighted by Crippen LogP contribution is -2.15. The second kappa shape index (κ2) is 10.2. The van der Waals surface area contributed by atoms with E-state index in [9.17, 15) is 14.0 Å². The van der Waals surface area contributed by atoms with E-state index in [1.165, 1.54) is 18.2 Å². The van der Waals surface area contributed by atoms with E-state index in [-0.39, 0.29) is 11.5 Å². The summed E-state index contributed by atoms with van der Waals surface area (Å²) in [4.78, 5) is 25.2. The third kappa shape index (κ3) is 5.60. The number of rotatable bonds is 8. The summed E-state index contributed by atoms with van der Waals surface area (Å²) in [6.45, 7) is 4.30. The van der Waals surface area contributed by atoms with Gasteiger partial charge >= 0.3 is 0 Å². The van der Waals surface area contributed by atoms with Crippen LogP contribution < -0.4 is 20.1 Å². The van der Waals surface area contributed by atoms with Crippen LogP contribution in [0.1, 0.15) is 34.6 Å². The van der Waals surface area contributed by atoms with Gasteiger partial charge in [-0.2, -0.15) is 0 Å². The molecule has 0 heterocycles. The molecule has 160 valence electrons. The van der Waals surface area contributed by atoms with Crippen molar-refractivity contribution in [1.29, 1.82) is 0 Å². The van der Waals surface area contributed by atoms with E-state index in [0.717, 1.165) is 6.07 Å². The Balaban J connectivity index is 1.93. The molecule has 6 nitrogen and oxygen atoms in total. The van der Waals surface area contributed by atoms with Gasteiger partial charge in [-0.25, -0.2) is 4.39 Å². The standard InChI is InChI=1S/C24H23FN2O4/c1-3-30-21-15-20(27-24(29)17-11-8-12-18(25)13-17)22(31-4-2)14-19(21)26-23(28)16-9-6-5-7-10-16/h5-15H,3-4H2,1-2H3,(H,26,28)(H,27,29). The summed E-state index contributed by atoms with van der Waals surface area (Å²) >= 11 is 0. The molecule has 3 aromatic carbocycles. The minimum absolute atomic E-state index is 0.168. The molecular formula is C24H23FN2O4. The maximum Gasteiger partial charge on any atom is 0.255 e. The number of hydrogen-bond donors (Lipinski definition) is 2. The first-order valence-corrected chi connectivity index (χ1v) is 9.88. The molecule has 0 unspecified atom stereocenters. The molecule has 7 heteroatoms. The number of nitrogens with one attached hydrogen (secondary N) is 2. The van der Waals surface area contributed by atoms with Gasteiger partial charge in [0.1, 0.15) is 17.3 Å². The Morgan fingerprint density at radius 3 is 1.77 bits per heavy atom. The smallest absolute Gasteiger partial charge is 0.255 e. The van der Waals surface area contributed by atoms with Crippen molar-refractivity contribution >= 4 is 23.2 Å². The van der Waals surface area contributed by atoms with E-state index in [4.69, 9.17) is 9.47 Å². The number of ether oxygens (including phenoxy) is 2. The van der Waals surface area contributed by atoms with Crippen molar-refractivity contribution in [2.75, 3.05) is 23.8 Å². The second-order valence-corrected chi connectivity index (χ2v) is 6.50. The molecule has 0 aliphatic rings. The third-order valence-electron chi connectivity index (χ3n) is 4.30. The molecule has 0 bridgehead atoms. The average molecular weight is 422 g/mol. The number of carbonyl (C=O) groups excluding carboxylic acids is 2. The summed E-state index contributed by atoms with van der Waals surface area (Å²) < 4.78 is 24.8. The third-order valence-corrected chi connectivity index (χ3v) is 4.30. The number of anilines is 2. The molecular weight excluding hydrogens is 399 g/mol. The highest BCUT2D eigenvalue weighted by atomic mass is 19.1. The number of amides is 2. The number of hydrogen-bond acceptors (Lipinski definition) is 4. The van der Waals surface area contributed by atoms with Gasteiger partial charge in [0.05, 0.1) is 24.6 Å². The zero-order valence-corrected chi connectivity index (χ0v) is 17.3. The molecule has 0 fully saturated rings. The SMILES string of the molecule is CCOc1cc(NC(=O)c2cccc(F)c2)c(OCC)cc1NC(=O)c1ccccc1. The number of benzene rings is 3. The molecule has 0 atom stereocenters. The summed E-state index contributed by atoms with van der Waals surface area (Å²) in [5.74, 6) is -0.597. The minimum Gasteiger partial charge on any atom is -0.492 e. The molecule has 0 aromatic heterocycles. The monoisotopic (exact) mass is 422 g/mol. The topological polar surface area (TPSA) is 76.7 Å². The van der Waals surface area contributed by atoms with Crippen LogP contribution in [0.2, 0.25) is 0 Å². The second-order valence-electron chi connectivity index (χ2n) is 6.50. The predicted octanol–water partition coefficient (Wildman–Crippen LogP) is 5.13. The fourth-order valence-electron chi connectivity index (χ4n) is 2.91. The van der Waals surface area contributed by atoms with Gasteiger partial charge in [0, 0.05) is 23.3 Å². The van der Waals surface area contributed by atoms with E-state index < -0.39 is 11.7 Å². The van der Waals surface area contributed by atoms with Gasteiger partial charge in [-0.05, 0) is 44.2 Å². The van der Waals surface area contributed by atoms with Gasteiger partial charge < -0.3 is 20.1 Å². The average Bonchev–Trinajstić information content (AvgIpc) is 2.77.